The summed E-state index contributed by atoms with van der Waals surface area (Å²) >= 11 is 4.07. The normalized spacial score (nSPS) is 12.2. The fourth-order valence-electron chi connectivity index (χ4n) is 1.35. The summed E-state index contributed by atoms with van der Waals surface area (Å²) < 4.78 is 0. The Kier molecular flexibility index (Phi) is 4.09. The predicted octanol–water partition coefficient (Wildman–Crippen LogP) is 1.69. The molecule has 1 aromatic rings. The number of aliphatic hydroxyl groups excluding tert-OH is 1. The Morgan fingerprint density at radius 1 is 1.44 bits per heavy atom. The van der Waals surface area contributed by atoms with Crippen LogP contribution in [0.3, 0.4) is 0 Å². The highest BCUT2D eigenvalue weighted by Crippen LogP contribution is 2.22. The Labute approximate surface area is 98.3 Å². The van der Waals surface area contributed by atoms with Gasteiger partial charge in [-0.2, -0.15) is 0 Å². The molecule has 0 aliphatic carbocycles. The van der Waals surface area contributed by atoms with Crippen LogP contribution in [-0.4, -0.2) is 22.0 Å². The van der Waals surface area contributed by atoms with Crippen molar-refractivity contribution >= 4 is 24.4 Å². The molecule has 86 valence electrons. The van der Waals surface area contributed by atoms with Crippen LogP contribution in [0.5, 0.6) is 0 Å². The Balaban J connectivity index is 3.27. The van der Waals surface area contributed by atoms with Gasteiger partial charge in [-0.25, -0.2) is 4.79 Å². The first-order valence-corrected chi connectivity index (χ1v) is 5.19. The van der Waals surface area contributed by atoms with Crippen LogP contribution in [0.25, 0.3) is 0 Å². The van der Waals surface area contributed by atoms with E-state index in [4.69, 9.17) is 5.11 Å². The third-order valence-corrected chi connectivity index (χ3v) is 2.47. The van der Waals surface area contributed by atoms with Crippen LogP contribution >= 0.6 is 12.6 Å². The average Bonchev–Trinajstić information content (AvgIpc) is 2.26. The number of hydrogen-bond donors (Lipinski definition) is 3. The van der Waals surface area contributed by atoms with Crippen LogP contribution in [0.15, 0.2) is 23.1 Å². The lowest BCUT2D eigenvalue weighted by Crippen LogP contribution is -2.14. The van der Waals surface area contributed by atoms with E-state index in [1.165, 1.54) is 18.2 Å². The minimum Gasteiger partial charge on any atom is -0.479 e. The molecule has 0 heterocycles. The van der Waals surface area contributed by atoms with Crippen LogP contribution < -0.4 is 0 Å². The number of rotatable bonds is 4. The van der Waals surface area contributed by atoms with Gasteiger partial charge < -0.3 is 10.2 Å². The Bertz CT molecular complexity index is 428. The second-order valence-electron chi connectivity index (χ2n) is 3.29. The summed E-state index contributed by atoms with van der Waals surface area (Å²) in [6, 6.07) is 4.41. The topological polar surface area (TPSA) is 74.6 Å². The summed E-state index contributed by atoms with van der Waals surface area (Å²) in [5, 5.41) is 18.1. The number of carbonyl (C=O) groups is 2. The van der Waals surface area contributed by atoms with E-state index in [1.54, 1.807) is 6.92 Å². The average molecular weight is 240 g/mol. The van der Waals surface area contributed by atoms with Crippen LogP contribution in [0.2, 0.25) is 0 Å². The number of Topliss-reactive ketones (excluding diaryl/α,β-unsaturated/α-hetero) is 1. The highest BCUT2D eigenvalue weighted by Gasteiger charge is 2.22. The fourth-order valence-corrected chi connectivity index (χ4v) is 1.55. The third-order valence-electron chi connectivity index (χ3n) is 2.19. The van der Waals surface area contributed by atoms with Crippen molar-refractivity contribution in [3.05, 3.63) is 29.3 Å². The Morgan fingerprint density at radius 3 is 2.56 bits per heavy atom. The highest BCUT2D eigenvalue weighted by atomic mass is 32.1. The number of carboxylic acids is 1. The zero-order valence-corrected chi connectivity index (χ0v) is 9.57. The number of aliphatic carboxylic acids is 1. The van der Waals surface area contributed by atoms with Crippen LogP contribution in [-0.2, 0) is 4.79 Å². The van der Waals surface area contributed by atoms with Crippen molar-refractivity contribution in [2.75, 3.05) is 0 Å². The Hall–Kier alpha value is -1.33. The van der Waals surface area contributed by atoms with E-state index in [2.05, 4.69) is 12.6 Å². The van der Waals surface area contributed by atoms with Crippen molar-refractivity contribution < 1.29 is 19.8 Å². The number of ketones is 1. The molecule has 1 atom stereocenters. The lowest BCUT2D eigenvalue weighted by molar-refractivity contribution is -0.146. The molecule has 0 aromatic heterocycles. The van der Waals surface area contributed by atoms with Gasteiger partial charge in [0.05, 0.1) is 0 Å². The second-order valence-corrected chi connectivity index (χ2v) is 3.81. The molecule has 4 nitrogen and oxygen atoms in total. The molecule has 0 saturated heterocycles. The summed E-state index contributed by atoms with van der Waals surface area (Å²) in [6.45, 7) is 1.67. The lowest BCUT2D eigenvalue weighted by Gasteiger charge is -2.11. The van der Waals surface area contributed by atoms with Gasteiger partial charge in [-0.15, -0.1) is 12.6 Å². The molecule has 0 aliphatic rings. The first-order valence-electron chi connectivity index (χ1n) is 4.74. The van der Waals surface area contributed by atoms with E-state index < -0.39 is 12.1 Å². The van der Waals surface area contributed by atoms with Crippen LogP contribution in [0.4, 0.5) is 0 Å². The maximum Gasteiger partial charge on any atom is 0.337 e. The second kappa shape index (κ2) is 5.14. The zero-order chi connectivity index (χ0) is 12.3. The number of carbonyl (C=O) groups excluding carboxylic acids is 1. The molecule has 2 N–H and O–H groups in total. The SMILES string of the molecule is CCC(=O)c1cc(S)ccc1C(O)C(=O)O. The molecule has 1 unspecified atom stereocenters. The molecule has 0 amide bonds. The van der Waals surface area contributed by atoms with E-state index in [-0.39, 0.29) is 23.3 Å². The number of carboxylic acid groups (broad SMARTS) is 1. The number of thiol groups is 1. The first-order chi connectivity index (χ1) is 7.47. The van der Waals surface area contributed by atoms with Crippen molar-refractivity contribution in [1.29, 1.82) is 0 Å². The molecule has 0 bridgehead atoms. The third kappa shape index (κ3) is 2.62. The van der Waals surface area contributed by atoms with Gasteiger partial charge in [-0.1, -0.05) is 13.0 Å². The summed E-state index contributed by atoms with van der Waals surface area (Å²) in [5.74, 6) is -1.59. The van der Waals surface area contributed by atoms with E-state index >= 15 is 0 Å². The Morgan fingerprint density at radius 2 is 2.06 bits per heavy atom. The quantitative estimate of drug-likeness (QED) is 0.553. The van der Waals surface area contributed by atoms with Gasteiger partial charge in [-0.05, 0) is 12.1 Å². The monoisotopic (exact) mass is 240 g/mol. The predicted molar refractivity (Wildman–Crippen MR) is 60.9 cm³/mol. The maximum absolute atomic E-state index is 11.6. The molecule has 0 saturated carbocycles. The van der Waals surface area contributed by atoms with Gasteiger partial charge in [0.15, 0.2) is 11.9 Å². The largest absolute Gasteiger partial charge is 0.479 e. The molecule has 0 fully saturated rings. The van der Waals surface area contributed by atoms with Crippen LogP contribution in [0, 0.1) is 0 Å². The minimum absolute atomic E-state index is 0.108. The minimum atomic E-state index is -1.68. The standard InChI is InChI=1S/C11H12O4S/c1-2-9(12)8-5-6(16)3-4-7(8)10(13)11(14)15/h3-5,10,13,16H,2H2,1H3,(H,14,15). The van der Waals surface area contributed by atoms with Gasteiger partial charge in [0.1, 0.15) is 0 Å². The lowest BCUT2D eigenvalue weighted by atomic mass is 9.98. The van der Waals surface area contributed by atoms with E-state index in [0.717, 1.165) is 0 Å². The highest BCUT2D eigenvalue weighted by molar-refractivity contribution is 7.80. The van der Waals surface area contributed by atoms with Crippen molar-refractivity contribution in [3.8, 4) is 0 Å². The molecule has 0 radical (unpaired) electrons. The number of hydrogen-bond acceptors (Lipinski definition) is 4. The van der Waals surface area contributed by atoms with E-state index in [0.29, 0.717) is 4.90 Å². The molecule has 1 aromatic carbocycles. The molecule has 0 spiro atoms. The summed E-state index contributed by atoms with van der Waals surface area (Å²) in [4.78, 5) is 22.8. The van der Waals surface area contributed by atoms with Crippen LogP contribution in [0.1, 0.15) is 35.4 Å². The van der Waals surface area contributed by atoms with E-state index in [9.17, 15) is 14.7 Å². The molecule has 16 heavy (non-hydrogen) atoms. The van der Waals surface area contributed by atoms with Gasteiger partial charge in [0.2, 0.25) is 0 Å². The smallest absolute Gasteiger partial charge is 0.337 e. The maximum atomic E-state index is 11.6. The van der Waals surface area contributed by atoms with Gasteiger partial charge in [0.25, 0.3) is 0 Å². The number of benzene rings is 1. The van der Waals surface area contributed by atoms with E-state index in [1.807, 2.05) is 0 Å². The van der Waals surface area contributed by atoms with Crippen molar-refractivity contribution in [2.45, 2.75) is 24.3 Å². The molecule has 5 heteroatoms. The van der Waals surface area contributed by atoms with Crippen molar-refractivity contribution in [3.63, 3.8) is 0 Å². The summed E-state index contributed by atoms with van der Waals surface area (Å²) in [7, 11) is 0. The molecule has 1 rings (SSSR count). The van der Waals surface area contributed by atoms with Gasteiger partial charge in [0, 0.05) is 22.4 Å². The van der Waals surface area contributed by atoms with Crippen molar-refractivity contribution in [2.24, 2.45) is 0 Å². The first kappa shape index (κ1) is 12.7. The number of aliphatic hydroxyl groups is 1. The van der Waals surface area contributed by atoms with Gasteiger partial charge >= 0.3 is 5.97 Å². The summed E-state index contributed by atoms with van der Waals surface area (Å²) in [6.07, 6.45) is -1.43. The van der Waals surface area contributed by atoms with Crippen molar-refractivity contribution in [1.82, 2.24) is 0 Å². The van der Waals surface area contributed by atoms with Gasteiger partial charge in [-0.3, -0.25) is 4.79 Å². The molecular formula is C11H12O4S. The molecular weight excluding hydrogens is 228 g/mol. The molecule has 0 aliphatic heterocycles. The fraction of sp³-hybridized carbons (Fsp3) is 0.273. The summed E-state index contributed by atoms with van der Waals surface area (Å²) in [5.41, 5.74) is 0.321. The zero-order valence-electron chi connectivity index (χ0n) is 8.67.